The van der Waals surface area contributed by atoms with Gasteiger partial charge in [-0.15, -0.1) is 0 Å². The average molecular weight is 248 g/mol. The van der Waals surface area contributed by atoms with Crippen LogP contribution >= 0.6 is 11.8 Å². The summed E-state index contributed by atoms with van der Waals surface area (Å²) in [4.78, 5) is 23.7. The van der Waals surface area contributed by atoms with Crippen molar-refractivity contribution in [2.24, 2.45) is 0 Å². The zero-order chi connectivity index (χ0) is 12.4. The molecule has 0 saturated carbocycles. The Morgan fingerprint density at radius 3 is 2.53 bits per heavy atom. The van der Waals surface area contributed by atoms with Crippen LogP contribution in [0.3, 0.4) is 0 Å². The number of Topliss-reactive ketones (excluding diaryl/α,β-unsaturated/α-hetero) is 1. The number of hydrogen-bond acceptors (Lipinski definition) is 4. The molecule has 0 fully saturated rings. The van der Waals surface area contributed by atoms with Crippen LogP contribution in [0.25, 0.3) is 0 Å². The van der Waals surface area contributed by atoms with Gasteiger partial charge in [-0.2, -0.15) is 0 Å². The van der Waals surface area contributed by atoms with Gasteiger partial charge in [-0.1, -0.05) is 18.2 Å². The van der Waals surface area contributed by atoms with Gasteiger partial charge in [-0.05, 0) is 37.7 Å². The Labute approximate surface area is 104 Å². The van der Waals surface area contributed by atoms with Crippen molar-refractivity contribution in [1.82, 2.24) is 5.43 Å². The van der Waals surface area contributed by atoms with E-state index in [1.165, 1.54) is 11.9 Å². The highest BCUT2D eigenvalue weighted by Gasteiger charge is 2.27. The number of carbonyl (C=O) groups is 2. The summed E-state index contributed by atoms with van der Waals surface area (Å²) in [5.41, 5.74) is 4.39. The van der Waals surface area contributed by atoms with Gasteiger partial charge in [-0.25, -0.2) is 5.01 Å². The first-order valence-electron chi connectivity index (χ1n) is 5.15. The van der Waals surface area contributed by atoms with Crippen molar-refractivity contribution < 1.29 is 9.59 Å². The van der Waals surface area contributed by atoms with Crippen molar-refractivity contribution in [3.05, 3.63) is 40.9 Å². The third-order valence-corrected chi connectivity index (χ3v) is 3.48. The zero-order valence-corrected chi connectivity index (χ0v) is 10.4. The van der Waals surface area contributed by atoms with E-state index in [4.69, 9.17) is 0 Å². The highest BCUT2D eigenvalue weighted by atomic mass is 32.2. The summed E-state index contributed by atoms with van der Waals surface area (Å²) in [5, 5.41) is 1.24. The highest BCUT2D eigenvalue weighted by molar-refractivity contribution is 8.18. The minimum atomic E-state index is -0.202. The first kappa shape index (κ1) is 11.7. The Kier molecular flexibility index (Phi) is 3.19. The van der Waals surface area contributed by atoms with Gasteiger partial charge in [0.2, 0.25) is 0 Å². The summed E-state index contributed by atoms with van der Waals surface area (Å²) in [6.07, 6.45) is 0. The SMILES string of the molecule is CC(=O)C1=C(C)NN(c2ccccc2)C(=O)S1. The number of thioether (sulfide) groups is 1. The van der Waals surface area contributed by atoms with Crippen LogP contribution in [-0.4, -0.2) is 11.0 Å². The number of hydrazine groups is 1. The standard InChI is InChI=1S/C12H12N2O2S/c1-8-11(9(2)15)17-12(16)14(13-8)10-6-4-3-5-7-10/h3-7,13H,1-2H3. The molecule has 5 heteroatoms. The van der Waals surface area contributed by atoms with Crippen molar-refractivity contribution in [1.29, 1.82) is 0 Å². The summed E-state index contributed by atoms with van der Waals surface area (Å²) in [6.45, 7) is 3.24. The van der Waals surface area contributed by atoms with Gasteiger partial charge in [-0.3, -0.25) is 15.0 Å². The average Bonchev–Trinajstić information content (AvgIpc) is 2.32. The molecular formula is C12H12N2O2S. The van der Waals surface area contributed by atoms with E-state index >= 15 is 0 Å². The topological polar surface area (TPSA) is 49.4 Å². The quantitative estimate of drug-likeness (QED) is 0.874. The number of amides is 1. The zero-order valence-electron chi connectivity index (χ0n) is 9.56. The van der Waals surface area contributed by atoms with Gasteiger partial charge >= 0.3 is 5.24 Å². The number of nitrogens with one attached hydrogen (secondary N) is 1. The molecule has 0 saturated heterocycles. The number of nitrogens with zero attached hydrogens (tertiary/aromatic N) is 1. The second kappa shape index (κ2) is 4.63. The molecule has 1 aromatic carbocycles. The fraction of sp³-hybridized carbons (Fsp3) is 0.167. The lowest BCUT2D eigenvalue weighted by atomic mass is 10.3. The predicted octanol–water partition coefficient (Wildman–Crippen LogP) is 2.68. The molecule has 1 aromatic rings. The van der Waals surface area contributed by atoms with Gasteiger partial charge in [0.1, 0.15) is 0 Å². The number of para-hydroxylation sites is 1. The molecule has 1 amide bonds. The van der Waals surface area contributed by atoms with Gasteiger partial charge in [0, 0.05) is 5.70 Å². The molecule has 4 nitrogen and oxygen atoms in total. The Morgan fingerprint density at radius 1 is 1.29 bits per heavy atom. The number of rotatable bonds is 2. The van der Waals surface area contributed by atoms with Gasteiger partial charge in [0.05, 0.1) is 10.6 Å². The fourth-order valence-corrected chi connectivity index (χ4v) is 2.32. The van der Waals surface area contributed by atoms with Gasteiger partial charge in [0.15, 0.2) is 5.78 Å². The monoisotopic (exact) mass is 248 g/mol. The highest BCUT2D eigenvalue weighted by Crippen LogP contribution is 2.29. The van der Waals surface area contributed by atoms with E-state index in [1.807, 2.05) is 30.3 Å². The molecule has 2 rings (SSSR count). The second-order valence-corrected chi connectivity index (χ2v) is 4.62. The Bertz CT molecular complexity index is 496. The van der Waals surface area contributed by atoms with Gasteiger partial charge < -0.3 is 0 Å². The number of ketones is 1. The number of benzene rings is 1. The van der Waals surface area contributed by atoms with E-state index in [0.29, 0.717) is 10.6 Å². The maximum Gasteiger partial charge on any atom is 0.309 e. The van der Waals surface area contributed by atoms with Crippen LogP contribution in [0.4, 0.5) is 10.5 Å². The molecule has 1 N–H and O–H groups in total. The van der Waals surface area contributed by atoms with Crippen LogP contribution in [0.2, 0.25) is 0 Å². The molecular weight excluding hydrogens is 236 g/mol. The lowest BCUT2D eigenvalue weighted by Gasteiger charge is -2.29. The van der Waals surface area contributed by atoms with Crippen LogP contribution in [0, 0.1) is 0 Å². The minimum Gasteiger partial charge on any atom is -0.294 e. The van der Waals surface area contributed by atoms with E-state index in [-0.39, 0.29) is 11.0 Å². The van der Waals surface area contributed by atoms with Crippen molar-refractivity contribution in [2.45, 2.75) is 13.8 Å². The molecule has 0 radical (unpaired) electrons. The lowest BCUT2D eigenvalue weighted by Crippen LogP contribution is -2.43. The molecule has 0 aromatic heterocycles. The number of carbonyl (C=O) groups excluding carboxylic acids is 2. The molecule has 0 aliphatic carbocycles. The fourth-order valence-electron chi connectivity index (χ4n) is 1.56. The molecule has 0 atom stereocenters. The van der Waals surface area contributed by atoms with Crippen molar-refractivity contribution in [2.75, 3.05) is 5.01 Å². The van der Waals surface area contributed by atoms with Crippen LogP contribution < -0.4 is 10.4 Å². The smallest absolute Gasteiger partial charge is 0.294 e. The molecule has 0 bridgehead atoms. The second-order valence-electron chi connectivity index (χ2n) is 3.66. The first-order chi connectivity index (χ1) is 8.09. The maximum atomic E-state index is 11.9. The molecule has 88 valence electrons. The third-order valence-electron chi connectivity index (χ3n) is 2.33. The third kappa shape index (κ3) is 2.34. The van der Waals surface area contributed by atoms with Crippen LogP contribution in [0.1, 0.15) is 13.8 Å². The van der Waals surface area contributed by atoms with Crippen LogP contribution in [-0.2, 0) is 4.79 Å². The summed E-state index contributed by atoms with van der Waals surface area (Å²) in [7, 11) is 0. The van der Waals surface area contributed by atoms with E-state index in [9.17, 15) is 9.59 Å². The van der Waals surface area contributed by atoms with Crippen LogP contribution in [0.5, 0.6) is 0 Å². The van der Waals surface area contributed by atoms with E-state index in [1.54, 1.807) is 6.92 Å². The largest absolute Gasteiger partial charge is 0.309 e. The summed E-state index contributed by atoms with van der Waals surface area (Å²) < 4.78 is 0. The summed E-state index contributed by atoms with van der Waals surface area (Å²) in [6, 6.07) is 9.26. The minimum absolute atomic E-state index is 0.0962. The number of anilines is 1. The maximum absolute atomic E-state index is 11.9. The number of hydrogen-bond donors (Lipinski definition) is 1. The molecule has 1 heterocycles. The van der Waals surface area contributed by atoms with E-state index < -0.39 is 0 Å². The molecule has 1 aliphatic heterocycles. The van der Waals surface area contributed by atoms with E-state index in [2.05, 4.69) is 5.43 Å². The van der Waals surface area contributed by atoms with Crippen LogP contribution in [0.15, 0.2) is 40.9 Å². The summed E-state index contributed by atoms with van der Waals surface area (Å²) in [5.74, 6) is -0.0962. The Hall–Kier alpha value is -1.75. The van der Waals surface area contributed by atoms with Crippen molar-refractivity contribution in [3.63, 3.8) is 0 Å². The molecule has 0 unspecified atom stereocenters. The Balaban J connectivity index is 2.31. The molecule has 1 aliphatic rings. The first-order valence-corrected chi connectivity index (χ1v) is 5.96. The lowest BCUT2D eigenvalue weighted by molar-refractivity contribution is -0.113. The Morgan fingerprint density at radius 2 is 1.94 bits per heavy atom. The molecule has 17 heavy (non-hydrogen) atoms. The number of allylic oxidation sites excluding steroid dienone is 2. The summed E-state index contributed by atoms with van der Waals surface area (Å²) >= 11 is 0.960. The predicted molar refractivity (Wildman–Crippen MR) is 68.4 cm³/mol. The van der Waals surface area contributed by atoms with Crippen molar-refractivity contribution in [3.8, 4) is 0 Å². The molecule has 0 spiro atoms. The van der Waals surface area contributed by atoms with E-state index in [0.717, 1.165) is 17.4 Å². The normalized spacial score (nSPS) is 15.9. The van der Waals surface area contributed by atoms with Crippen molar-refractivity contribution >= 4 is 28.5 Å². The van der Waals surface area contributed by atoms with Gasteiger partial charge in [0.25, 0.3) is 0 Å².